The molecule has 1 saturated heterocycles. The minimum atomic E-state index is -0.332. The van der Waals surface area contributed by atoms with Gasteiger partial charge in [0.05, 0.1) is 5.71 Å². The fraction of sp³-hybridized carbons (Fsp3) is 0.870. The third-order valence-electron chi connectivity index (χ3n) is 9.36. The molecule has 4 aliphatic carbocycles. The fourth-order valence-corrected chi connectivity index (χ4v) is 7.66. The van der Waals surface area contributed by atoms with Gasteiger partial charge in [-0.1, -0.05) is 12.1 Å². The summed E-state index contributed by atoms with van der Waals surface area (Å²) in [5, 5.41) is 18.3. The molecule has 0 radical (unpaired) electrons. The molecular weight excluding hydrogens is 368 g/mol. The molecule has 1 aliphatic heterocycles. The third-order valence-corrected chi connectivity index (χ3v) is 9.36. The van der Waals surface area contributed by atoms with Crippen LogP contribution in [-0.2, 0) is 14.4 Å². The number of hydrogen-bond acceptors (Lipinski definition) is 6. The Balaban J connectivity index is 1.38. The van der Waals surface area contributed by atoms with Gasteiger partial charge in [0.1, 0.15) is 17.7 Å². The fourth-order valence-electron chi connectivity index (χ4n) is 7.66. The quantitative estimate of drug-likeness (QED) is 0.708. The van der Waals surface area contributed by atoms with Gasteiger partial charge in [0.15, 0.2) is 0 Å². The number of rotatable bonds is 3. The molecule has 2 N–H and O–H groups in total. The van der Waals surface area contributed by atoms with Crippen LogP contribution in [0.4, 0.5) is 0 Å². The second kappa shape index (κ2) is 7.16. The van der Waals surface area contributed by atoms with Gasteiger partial charge in [-0.25, -0.2) is 0 Å². The SMILES string of the molecule is C[C@]12CCC3C(CC(=O)C4CC(=NOC5CCNC5)CC[C@@]43CO)C1CCC2=O. The predicted molar refractivity (Wildman–Crippen MR) is 108 cm³/mol. The maximum Gasteiger partial charge on any atom is 0.141 e. The number of carbonyl (C=O) groups is 2. The van der Waals surface area contributed by atoms with Crippen LogP contribution < -0.4 is 5.32 Å². The molecule has 5 aliphatic rings. The zero-order valence-corrected chi connectivity index (χ0v) is 17.5. The number of nitrogens with zero attached hydrogens (tertiary/aromatic N) is 1. The lowest BCUT2D eigenvalue weighted by molar-refractivity contribution is -0.160. The van der Waals surface area contributed by atoms with Crippen LogP contribution in [0.3, 0.4) is 0 Å². The molecule has 0 aromatic carbocycles. The number of nitrogens with one attached hydrogen (secondary N) is 1. The van der Waals surface area contributed by atoms with Crippen molar-refractivity contribution in [1.29, 1.82) is 0 Å². The lowest BCUT2D eigenvalue weighted by Gasteiger charge is -2.59. The highest BCUT2D eigenvalue weighted by atomic mass is 16.6. The van der Waals surface area contributed by atoms with Crippen molar-refractivity contribution in [3.05, 3.63) is 0 Å². The Kier molecular flexibility index (Phi) is 4.86. The topological polar surface area (TPSA) is 88.0 Å². The smallest absolute Gasteiger partial charge is 0.141 e. The number of Topliss-reactive ketones (excluding diaryl/α,β-unsaturated/α-hetero) is 2. The largest absolute Gasteiger partial charge is 0.396 e. The highest BCUT2D eigenvalue weighted by Gasteiger charge is 2.63. The summed E-state index contributed by atoms with van der Waals surface area (Å²) in [6.45, 7) is 4.01. The van der Waals surface area contributed by atoms with Crippen molar-refractivity contribution in [3.63, 3.8) is 0 Å². The first-order chi connectivity index (χ1) is 14.0. The number of hydrogen-bond donors (Lipinski definition) is 2. The average Bonchev–Trinajstić information content (AvgIpc) is 3.35. The van der Waals surface area contributed by atoms with Crippen LogP contribution in [0.2, 0.25) is 0 Å². The van der Waals surface area contributed by atoms with E-state index in [0.29, 0.717) is 36.9 Å². The van der Waals surface area contributed by atoms with Gasteiger partial charge in [-0.2, -0.15) is 0 Å². The van der Waals surface area contributed by atoms with Crippen LogP contribution in [0.15, 0.2) is 5.16 Å². The molecule has 0 amide bonds. The second-order valence-corrected chi connectivity index (χ2v) is 10.5. The number of ketones is 2. The molecular formula is C23H34N2O4. The van der Waals surface area contributed by atoms with Gasteiger partial charge >= 0.3 is 0 Å². The van der Waals surface area contributed by atoms with E-state index in [-0.39, 0.29) is 41.2 Å². The van der Waals surface area contributed by atoms with Crippen molar-refractivity contribution in [1.82, 2.24) is 5.32 Å². The summed E-state index contributed by atoms with van der Waals surface area (Å²) in [5.41, 5.74) is 0.408. The van der Waals surface area contributed by atoms with E-state index in [9.17, 15) is 14.7 Å². The molecule has 5 rings (SSSR count). The molecule has 0 spiro atoms. The van der Waals surface area contributed by atoms with Crippen LogP contribution in [0.1, 0.15) is 64.7 Å². The summed E-state index contributed by atoms with van der Waals surface area (Å²) >= 11 is 0. The highest BCUT2D eigenvalue weighted by Crippen LogP contribution is 2.64. The summed E-state index contributed by atoms with van der Waals surface area (Å²) < 4.78 is 0. The molecule has 5 fully saturated rings. The van der Waals surface area contributed by atoms with E-state index in [1.54, 1.807) is 0 Å². The van der Waals surface area contributed by atoms with Gasteiger partial charge in [0, 0.05) is 49.2 Å². The minimum absolute atomic E-state index is 0.0721. The number of aliphatic hydroxyl groups excluding tert-OH is 1. The van der Waals surface area contributed by atoms with E-state index in [4.69, 9.17) is 4.84 Å². The summed E-state index contributed by atoms with van der Waals surface area (Å²) in [5.74, 6) is 1.45. The van der Waals surface area contributed by atoms with Gasteiger partial charge in [-0.3, -0.25) is 9.59 Å². The Labute approximate surface area is 172 Å². The third kappa shape index (κ3) is 2.93. The predicted octanol–water partition coefficient (Wildman–Crippen LogP) is 2.48. The Morgan fingerprint density at radius 2 is 2.00 bits per heavy atom. The molecule has 0 bridgehead atoms. The molecule has 0 aromatic rings. The normalized spacial score (nSPS) is 48.3. The van der Waals surface area contributed by atoms with Crippen LogP contribution in [0.5, 0.6) is 0 Å². The van der Waals surface area contributed by atoms with E-state index in [1.807, 2.05) is 0 Å². The van der Waals surface area contributed by atoms with E-state index < -0.39 is 0 Å². The minimum Gasteiger partial charge on any atom is -0.396 e. The first-order valence-electron chi connectivity index (χ1n) is 11.6. The average molecular weight is 403 g/mol. The molecule has 7 atom stereocenters. The van der Waals surface area contributed by atoms with Gasteiger partial charge in [-0.15, -0.1) is 0 Å². The van der Waals surface area contributed by atoms with Crippen molar-refractivity contribution < 1.29 is 19.5 Å². The number of aliphatic hydroxyl groups is 1. The molecule has 0 aromatic heterocycles. The Morgan fingerprint density at radius 1 is 1.14 bits per heavy atom. The van der Waals surface area contributed by atoms with E-state index in [2.05, 4.69) is 17.4 Å². The summed E-state index contributed by atoms with van der Waals surface area (Å²) in [4.78, 5) is 31.6. The van der Waals surface area contributed by atoms with E-state index in [1.165, 1.54) is 0 Å². The zero-order chi connectivity index (χ0) is 20.2. The van der Waals surface area contributed by atoms with Crippen molar-refractivity contribution in [3.8, 4) is 0 Å². The zero-order valence-electron chi connectivity index (χ0n) is 17.5. The second-order valence-electron chi connectivity index (χ2n) is 10.5. The monoisotopic (exact) mass is 402 g/mol. The Bertz CT molecular complexity index is 730. The molecule has 160 valence electrons. The Morgan fingerprint density at radius 3 is 2.76 bits per heavy atom. The highest BCUT2D eigenvalue weighted by molar-refractivity contribution is 5.93. The van der Waals surface area contributed by atoms with Crippen molar-refractivity contribution >= 4 is 17.3 Å². The van der Waals surface area contributed by atoms with Crippen molar-refractivity contribution in [2.24, 2.45) is 39.7 Å². The van der Waals surface area contributed by atoms with E-state index >= 15 is 0 Å². The molecule has 1 heterocycles. The molecule has 29 heavy (non-hydrogen) atoms. The molecule has 4 saturated carbocycles. The van der Waals surface area contributed by atoms with Crippen LogP contribution in [0.25, 0.3) is 0 Å². The van der Waals surface area contributed by atoms with Crippen molar-refractivity contribution in [2.75, 3.05) is 19.7 Å². The molecule has 6 heteroatoms. The van der Waals surface area contributed by atoms with Crippen molar-refractivity contribution in [2.45, 2.75) is 70.8 Å². The first kappa shape index (κ1) is 19.7. The van der Waals surface area contributed by atoms with Gasteiger partial charge in [0.2, 0.25) is 0 Å². The maximum absolute atomic E-state index is 13.3. The summed E-state index contributed by atoms with van der Waals surface area (Å²) in [6, 6.07) is 0. The van der Waals surface area contributed by atoms with E-state index in [0.717, 1.165) is 57.3 Å². The standard InChI is InChI=1S/C23H34N2O4/c1-22-7-5-18-16(17(22)2-3-21(22)28)11-20(27)19-10-14(4-8-23(18,19)13-26)25-29-15-6-9-24-12-15/h15-19,24,26H,2-13H2,1H3/t15?,16?,17?,18?,19?,22-,23-/m0/s1. The number of oxime groups is 1. The van der Waals surface area contributed by atoms with Crippen LogP contribution in [0, 0.1) is 34.5 Å². The molecule has 6 nitrogen and oxygen atoms in total. The summed E-state index contributed by atoms with van der Waals surface area (Å²) in [6.07, 6.45) is 7.39. The van der Waals surface area contributed by atoms with Gasteiger partial charge in [0.25, 0.3) is 0 Å². The van der Waals surface area contributed by atoms with Crippen LogP contribution >= 0.6 is 0 Å². The molecule has 5 unspecified atom stereocenters. The Hall–Kier alpha value is -1.27. The maximum atomic E-state index is 13.3. The van der Waals surface area contributed by atoms with Crippen LogP contribution in [-0.4, -0.2) is 48.2 Å². The summed E-state index contributed by atoms with van der Waals surface area (Å²) in [7, 11) is 0. The number of carbonyl (C=O) groups excluding carboxylic acids is 2. The number of fused-ring (bicyclic) bond motifs is 5. The first-order valence-corrected chi connectivity index (χ1v) is 11.6. The van der Waals surface area contributed by atoms with Gasteiger partial charge < -0.3 is 15.3 Å². The lowest BCUT2D eigenvalue weighted by atomic mass is 9.44. The lowest BCUT2D eigenvalue weighted by Crippen LogP contribution is -2.59. The van der Waals surface area contributed by atoms with Gasteiger partial charge in [-0.05, 0) is 62.8 Å².